The van der Waals surface area contributed by atoms with Crippen LogP contribution in [-0.4, -0.2) is 25.9 Å². The average molecular weight is 223 g/mol. The monoisotopic (exact) mass is 223 g/mol. The molecule has 0 fully saturated rings. The van der Waals surface area contributed by atoms with E-state index in [4.69, 9.17) is 0 Å². The van der Waals surface area contributed by atoms with Gasteiger partial charge in [0.05, 0.1) is 12.7 Å². The Bertz CT molecular complexity index is 433. The lowest BCUT2D eigenvalue weighted by atomic mass is 10.4. The van der Waals surface area contributed by atoms with Gasteiger partial charge in [-0.2, -0.15) is 5.10 Å². The second-order valence-corrected chi connectivity index (χ2v) is 4.05. The van der Waals surface area contributed by atoms with E-state index < -0.39 is 0 Å². The number of hydrogen-bond acceptors (Lipinski definition) is 5. The molecule has 2 aromatic rings. The molecular weight excluding hydrogens is 210 g/mol. The van der Waals surface area contributed by atoms with Crippen LogP contribution in [0.2, 0.25) is 0 Å². The van der Waals surface area contributed by atoms with Crippen LogP contribution < -0.4 is 5.32 Å². The van der Waals surface area contributed by atoms with Crippen molar-refractivity contribution in [2.75, 3.05) is 11.9 Å². The van der Waals surface area contributed by atoms with Crippen LogP contribution in [0.25, 0.3) is 0 Å². The Balaban J connectivity index is 2.13. The van der Waals surface area contributed by atoms with Crippen LogP contribution in [0.3, 0.4) is 0 Å². The smallest absolute Gasteiger partial charge is 0.135 e. The fourth-order valence-electron chi connectivity index (χ4n) is 1.31. The van der Waals surface area contributed by atoms with E-state index in [1.165, 1.54) is 11.5 Å². The summed E-state index contributed by atoms with van der Waals surface area (Å²) in [4.78, 5) is 0. The molecule has 2 rings (SSSR count). The Morgan fingerprint density at radius 2 is 2.40 bits per heavy atom. The molecule has 5 nitrogen and oxygen atoms in total. The molecule has 80 valence electrons. The molecule has 0 atom stereocenters. The van der Waals surface area contributed by atoms with Gasteiger partial charge in [-0.05, 0) is 19.4 Å². The zero-order valence-corrected chi connectivity index (χ0v) is 9.58. The highest BCUT2D eigenvalue weighted by Crippen LogP contribution is 2.18. The van der Waals surface area contributed by atoms with Crippen LogP contribution in [0.4, 0.5) is 5.00 Å². The van der Waals surface area contributed by atoms with Crippen molar-refractivity contribution in [2.45, 2.75) is 20.4 Å². The van der Waals surface area contributed by atoms with Crippen LogP contribution in [0.1, 0.15) is 18.2 Å². The highest BCUT2D eigenvalue weighted by molar-refractivity contribution is 7.10. The fourth-order valence-corrected chi connectivity index (χ4v) is 1.95. The first-order valence-electron chi connectivity index (χ1n) is 4.83. The third-order valence-electron chi connectivity index (χ3n) is 1.97. The summed E-state index contributed by atoms with van der Waals surface area (Å²) in [6.07, 6.45) is 3.84. The SMILES string of the molecule is CCNc1snnc1Cn1cc(C)cn1. The Hall–Kier alpha value is -1.43. The summed E-state index contributed by atoms with van der Waals surface area (Å²) in [5.74, 6) is 0. The predicted octanol–water partition coefficient (Wildman–Crippen LogP) is 1.52. The van der Waals surface area contributed by atoms with Crippen molar-refractivity contribution in [3.05, 3.63) is 23.7 Å². The summed E-state index contributed by atoms with van der Waals surface area (Å²) in [7, 11) is 0. The highest BCUT2D eigenvalue weighted by Gasteiger charge is 2.07. The van der Waals surface area contributed by atoms with Gasteiger partial charge in [0.1, 0.15) is 10.7 Å². The Labute approximate surface area is 92.3 Å². The van der Waals surface area contributed by atoms with Gasteiger partial charge in [-0.3, -0.25) is 4.68 Å². The molecule has 0 saturated heterocycles. The third kappa shape index (κ3) is 2.33. The summed E-state index contributed by atoms with van der Waals surface area (Å²) < 4.78 is 5.80. The maximum atomic E-state index is 4.22. The topological polar surface area (TPSA) is 55.6 Å². The van der Waals surface area contributed by atoms with Crippen molar-refractivity contribution in [1.82, 2.24) is 19.4 Å². The van der Waals surface area contributed by atoms with Gasteiger partial charge in [0.15, 0.2) is 0 Å². The Morgan fingerprint density at radius 1 is 1.53 bits per heavy atom. The molecule has 0 amide bonds. The van der Waals surface area contributed by atoms with E-state index in [1.54, 1.807) is 0 Å². The molecule has 0 aliphatic rings. The van der Waals surface area contributed by atoms with Gasteiger partial charge in [0, 0.05) is 24.3 Å². The lowest BCUT2D eigenvalue weighted by molar-refractivity contribution is 0.671. The molecule has 0 unspecified atom stereocenters. The van der Waals surface area contributed by atoms with Crippen LogP contribution in [-0.2, 0) is 6.54 Å². The van der Waals surface area contributed by atoms with Gasteiger partial charge in [0.25, 0.3) is 0 Å². The van der Waals surface area contributed by atoms with Crippen LogP contribution in [0.5, 0.6) is 0 Å². The van der Waals surface area contributed by atoms with E-state index in [9.17, 15) is 0 Å². The van der Waals surface area contributed by atoms with Crippen molar-refractivity contribution >= 4 is 16.5 Å². The summed E-state index contributed by atoms with van der Waals surface area (Å²) in [6.45, 7) is 5.64. The molecule has 2 heterocycles. The fraction of sp³-hybridized carbons (Fsp3) is 0.444. The van der Waals surface area contributed by atoms with Crippen LogP contribution >= 0.6 is 11.5 Å². The minimum atomic E-state index is 0.673. The molecular formula is C9H13N5S. The number of nitrogens with zero attached hydrogens (tertiary/aromatic N) is 4. The first-order valence-corrected chi connectivity index (χ1v) is 5.61. The third-order valence-corrected chi connectivity index (χ3v) is 2.69. The predicted molar refractivity (Wildman–Crippen MR) is 60.1 cm³/mol. The molecule has 6 heteroatoms. The number of nitrogens with one attached hydrogen (secondary N) is 1. The number of rotatable bonds is 4. The molecule has 0 radical (unpaired) electrons. The first-order chi connectivity index (χ1) is 7.29. The van der Waals surface area contributed by atoms with E-state index in [2.05, 4.69) is 26.9 Å². The second-order valence-electron chi connectivity index (χ2n) is 3.29. The number of aromatic nitrogens is 4. The van der Waals surface area contributed by atoms with Gasteiger partial charge >= 0.3 is 0 Å². The minimum Gasteiger partial charge on any atom is -0.374 e. The van der Waals surface area contributed by atoms with Crippen molar-refractivity contribution in [1.29, 1.82) is 0 Å². The van der Waals surface area contributed by atoms with Gasteiger partial charge in [-0.1, -0.05) is 4.49 Å². The molecule has 2 aromatic heterocycles. The van der Waals surface area contributed by atoms with Gasteiger partial charge in [0.2, 0.25) is 0 Å². The molecule has 0 aliphatic carbocycles. The zero-order valence-electron chi connectivity index (χ0n) is 8.77. The molecule has 0 aromatic carbocycles. The van der Waals surface area contributed by atoms with Crippen molar-refractivity contribution in [3.63, 3.8) is 0 Å². The van der Waals surface area contributed by atoms with E-state index in [0.29, 0.717) is 6.54 Å². The minimum absolute atomic E-state index is 0.673. The molecule has 0 saturated carbocycles. The largest absolute Gasteiger partial charge is 0.374 e. The van der Waals surface area contributed by atoms with Crippen LogP contribution in [0.15, 0.2) is 12.4 Å². The Morgan fingerprint density at radius 3 is 3.07 bits per heavy atom. The maximum Gasteiger partial charge on any atom is 0.135 e. The van der Waals surface area contributed by atoms with E-state index in [0.717, 1.165) is 22.8 Å². The standard InChI is InChI=1S/C9H13N5S/c1-3-10-9-8(12-13-15-9)6-14-5-7(2)4-11-14/h4-5,10H,3,6H2,1-2H3. The molecule has 0 aliphatic heterocycles. The van der Waals surface area contributed by atoms with Gasteiger partial charge in [-0.25, -0.2) is 0 Å². The summed E-state index contributed by atoms with van der Waals surface area (Å²) in [5, 5.41) is 12.6. The normalized spacial score (nSPS) is 10.5. The summed E-state index contributed by atoms with van der Waals surface area (Å²) in [5.41, 5.74) is 2.10. The quantitative estimate of drug-likeness (QED) is 0.854. The van der Waals surface area contributed by atoms with E-state index in [-0.39, 0.29) is 0 Å². The van der Waals surface area contributed by atoms with Gasteiger partial charge in [-0.15, -0.1) is 5.10 Å². The first kappa shape index (κ1) is 10.1. The molecule has 0 bridgehead atoms. The highest BCUT2D eigenvalue weighted by atomic mass is 32.1. The van der Waals surface area contributed by atoms with Crippen LogP contribution in [0, 0.1) is 6.92 Å². The number of aryl methyl sites for hydroxylation is 1. The Kier molecular flexibility index (Phi) is 2.96. The molecule has 15 heavy (non-hydrogen) atoms. The van der Waals surface area contributed by atoms with Crippen molar-refractivity contribution in [2.24, 2.45) is 0 Å². The average Bonchev–Trinajstić information content (AvgIpc) is 2.78. The second kappa shape index (κ2) is 4.39. The lowest BCUT2D eigenvalue weighted by Crippen LogP contribution is -2.04. The van der Waals surface area contributed by atoms with Crippen molar-refractivity contribution < 1.29 is 0 Å². The van der Waals surface area contributed by atoms with E-state index >= 15 is 0 Å². The van der Waals surface area contributed by atoms with E-state index in [1.807, 2.05) is 24.0 Å². The molecule has 1 N–H and O–H groups in total. The number of hydrogen-bond donors (Lipinski definition) is 1. The summed E-state index contributed by atoms with van der Waals surface area (Å²) in [6, 6.07) is 0. The lowest BCUT2D eigenvalue weighted by Gasteiger charge is -2.01. The van der Waals surface area contributed by atoms with Gasteiger partial charge < -0.3 is 5.32 Å². The summed E-state index contributed by atoms with van der Waals surface area (Å²) >= 11 is 1.39. The van der Waals surface area contributed by atoms with Crippen molar-refractivity contribution in [3.8, 4) is 0 Å². The molecule has 0 spiro atoms. The zero-order chi connectivity index (χ0) is 10.7. The number of anilines is 1. The maximum absolute atomic E-state index is 4.22.